The van der Waals surface area contributed by atoms with E-state index in [0.717, 1.165) is 10.2 Å². The van der Waals surface area contributed by atoms with Crippen LogP contribution in [0.2, 0.25) is 0 Å². The topological polar surface area (TPSA) is 24.9 Å². The van der Waals surface area contributed by atoms with Crippen molar-refractivity contribution in [1.82, 2.24) is 4.98 Å². The van der Waals surface area contributed by atoms with E-state index < -0.39 is 0 Å². The zero-order valence-electron chi connectivity index (χ0n) is 9.62. The van der Waals surface area contributed by atoms with Gasteiger partial charge in [-0.05, 0) is 75.5 Å². The van der Waals surface area contributed by atoms with Gasteiger partial charge in [-0.2, -0.15) is 0 Å². The van der Waals surface area contributed by atoms with Crippen molar-refractivity contribution < 1.29 is 0 Å². The maximum atomic E-state index is 4.20. The minimum Gasteiger partial charge on any atom is -0.377 e. The van der Waals surface area contributed by atoms with Gasteiger partial charge in [0.15, 0.2) is 0 Å². The summed E-state index contributed by atoms with van der Waals surface area (Å²) in [6.07, 6.45) is 7.40. The average molecular weight is 435 g/mol. The highest BCUT2D eigenvalue weighted by molar-refractivity contribution is 14.1. The number of hydrogen-bond donors (Lipinski definition) is 1. The lowest BCUT2D eigenvalue weighted by Crippen LogP contribution is -2.15. The van der Waals surface area contributed by atoms with E-state index in [-0.39, 0.29) is 0 Å². The Labute approximate surface area is 132 Å². The molecule has 2 heterocycles. The van der Waals surface area contributed by atoms with Crippen LogP contribution >= 0.6 is 49.9 Å². The van der Waals surface area contributed by atoms with E-state index in [1.54, 1.807) is 4.88 Å². The highest BCUT2D eigenvalue weighted by Crippen LogP contribution is 2.38. The Balaban J connectivity index is 1.86. The summed E-state index contributed by atoms with van der Waals surface area (Å²) in [6, 6.07) is 4.84. The number of pyridine rings is 1. The Bertz CT molecular complexity index is 570. The minimum absolute atomic E-state index is 0.435. The highest BCUT2D eigenvalue weighted by atomic mass is 127. The number of fused-ring (bicyclic) bond motifs is 1. The van der Waals surface area contributed by atoms with Crippen LogP contribution in [0.25, 0.3) is 0 Å². The first kappa shape index (κ1) is 12.9. The van der Waals surface area contributed by atoms with Crippen LogP contribution in [0.3, 0.4) is 0 Å². The first-order valence-corrected chi connectivity index (χ1v) is 8.56. The molecule has 18 heavy (non-hydrogen) atoms. The quantitative estimate of drug-likeness (QED) is 0.672. The largest absolute Gasteiger partial charge is 0.377 e. The summed E-state index contributed by atoms with van der Waals surface area (Å²) in [6.45, 7) is 0. The lowest BCUT2D eigenvalue weighted by molar-refractivity contribution is 0.608. The molecule has 1 atom stereocenters. The Morgan fingerprint density at radius 2 is 2.28 bits per heavy atom. The third kappa shape index (κ3) is 2.72. The van der Waals surface area contributed by atoms with Crippen LogP contribution in [0.1, 0.15) is 29.3 Å². The van der Waals surface area contributed by atoms with Crippen molar-refractivity contribution >= 4 is 55.5 Å². The second-order valence-electron chi connectivity index (χ2n) is 4.41. The molecule has 0 amide bonds. The fourth-order valence-electron chi connectivity index (χ4n) is 2.36. The molecule has 1 N–H and O–H groups in total. The fraction of sp³-hybridized carbons (Fsp3) is 0.308. The van der Waals surface area contributed by atoms with Gasteiger partial charge >= 0.3 is 0 Å². The van der Waals surface area contributed by atoms with Gasteiger partial charge in [0.1, 0.15) is 0 Å². The summed E-state index contributed by atoms with van der Waals surface area (Å²) < 4.78 is 2.40. The number of hydrogen-bond acceptors (Lipinski definition) is 3. The molecule has 5 heteroatoms. The predicted octanol–water partition coefficient (Wildman–Crippen LogP) is 5.00. The van der Waals surface area contributed by atoms with Gasteiger partial charge in [0, 0.05) is 15.5 Å². The van der Waals surface area contributed by atoms with Gasteiger partial charge in [-0.3, -0.25) is 4.98 Å². The van der Waals surface area contributed by atoms with Crippen LogP contribution in [0, 0.1) is 2.88 Å². The van der Waals surface area contributed by atoms with Crippen molar-refractivity contribution in [2.24, 2.45) is 0 Å². The van der Waals surface area contributed by atoms with Gasteiger partial charge in [0.2, 0.25) is 0 Å². The lowest BCUT2D eigenvalue weighted by Gasteiger charge is -2.24. The molecule has 0 bridgehead atoms. The fourth-order valence-corrected chi connectivity index (χ4v) is 4.85. The molecule has 0 spiro atoms. The standard InChI is InChI=1S/C13H12BrIN2S/c14-8-4-9(7-16-6-8)17-11-2-1-3-12-10(11)5-13(15)18-12/h4-7,11,17H,1-3H2. The zero-order chi connectivity index (χ0) is 12.5. The van der Waals surface area contributed by atoms with Crippen LogP contribution in [-0.2, 0) is 6.42 Å². The summed E-state index contributed by atoms with van der Waals surface area (Å²) in [7, 11) is 0. The lowest BCUT2D eigenvalue weighted by atomic mass is 9.94. The van der Waals surface area contributed by atoms with Gasteiger partial charge in [-0.25, -0.2) is 0 Å². The van der Waals surface area contributed by atoms with Gasteiger partial charge < -0.3 is 5.32 Å². The number of aryl methyl sites for hydroxylation is 1. The molecule has 1 aliphatic rings. The zero-order valence-corrected chi connectivity index (χ0v) is 14.2. The predicted molar refractivity (Wildman–Crippen MR) is 88.3 cm³/mol. The molecule has 2 nitrogen and oxygen atoms in total. The average Bonchev–Trinajstić information content (AvgIpc) is 2.71. The maximum Gasteiger partial charge on any atom is 0.0660 e. The van der Waals surface area contributed by atoms with E-state index in [0.29, 0.717) is 6.04 Å². The molecule has 1 unspecified atom stereocenters. The van der Waals surface area contributed by atoms with Crippen molar-refractivity contribution in [3.63, 3.8) is 0 Å². The third-order valence-electron chi connectivity index (χ3n) is 3.13. The number of halogens is 2. The molecule has 0 saturated heterocycles. The number of rotatable bonds is 2. The molecule has 94 valence electrons. The summed E-state index contributed by atoms with van der Waals surface area (Å²) in [5.41, 5.74) is 2.57. The third-order valence-corrected chi connectivity index (χ3v) is 5.53. The normalized spacial score (nSPS) is 18.4. The number of aromatic nitrogens is 1. The second-order valence-corrected chi connectivity index (χ2v) is 8.36. The molecule has 0 radical (unpaired) electrons. The molecule has 0 aliphatic heterocycles. The summed E-state index contributed by atoms with van der Waals surface area (Å²) >= 11 is 7.81. The molecule has 0 aromatic carbocycles. The summed E-state index contributed by atoms with van der Waals surface area (Å²) in [4.78, 5) is 5.75. The monoisotopic (exact) mass is 434 g/mol. The Kier molecular flexibility index (Phi) is 3.91. The number of anilines is 1. The molecule has 3 rings (SSSR count). The second kappa shape index (κ2) is 5.46. The minimum atomic E-state index is 0.435. The molecule has 2 aromatic heterocycles. The van der Waals surface area contributed by atoms with Gasteiger partial charge in [0.25, 0.3) is 0 Å². The van der Waals surface area contributed by atoms with Crippen LogP contribution in [0.5, 0.6) is 0 Å². The Morgan fingerprint density at radius 1 is 1.39 bits per heavy atom. The molecule has 0 fully saturated rings. The van der Waals surface area contributed by atoms with E-state index >= 15 is 0 Å². The smallest absolute Gasteiger partial charge is 0.0660 e. The summed E-state index contributed by atoms with van der Waals surface area (Å²) in [5, 5.41) is 3.60. The van der Waals surface area contributed by atoms with Crippen molar-refractivity contribution in [2.45, 2.75) is 25.3 Å². The van der Waals surface area contributed by atoms with Crippen LogP contribution in [0.4, 0.5) is 5.69 Å². The van der Waals surface area contributed by atoms with Crippen LogP contribution in [-0.4, -0.2) is 4.98 Å². The van der Waals surface area contributed by atoms with Crippen molar-refractivity contribution in [3.05, 3.63) is 42.3 Å². The van der Waals surface area contributed by atoms with Crippen molar-refractivity contribution in [3.8, 4) is 0 Å². The van der Waals surface area contributed by atoms with Crippen molar-refractivity contribution in [1.29, 1.82) is 0 Å². The number of nitrogens with one attached hydrogen (secondary N) is 1. The van der Waals surface area contributed by atoms with E-state index in [2.05, 4.69) is 61.0 Å². The first-order valence-electron chi connectivity index (χ1n) is 5.87. The van der Waals surface area contributed by atoms with Crippen LogP contribution in [0.15, 0.2) is 29.0 Å². The SMILES string of the molecule is Brc1cncc(NC2CCCc3sc(I)cc32)c1. The molecular formula is C13H12BrIN2S. The van der Waals surface area contributed by atoms with E-state index in [4.69, 9.17) is 0 Å². The number of thiophene rings is 1. The Morgan fingerprint density at radius 3 is 3.11 bits per heavy atom. The van der Waals surface area contributed by atoms with E-state index in [1.165, 1.54) is 27.7 Å². The molecule has 0 saturated carbocycles. The van der Waals surface area contributed by atoms with Crippen LogP contribution < -0.4 is 5.32 Å². The molecule has 2 aromatic rings. The highest BCUT2D eigenvalue weighted by Gasteiger charge is 2.22. The van der Waals surface area contributed by atoms with Crippen molar-refractivity contribution in [2.75, 3.05) is 5.32 Å². The summed E-state index contributed by atoms with van der Waals surface area (Å²) in [5.74, 6) is 0. The van der Waals surface area contributed by atoms with Gasteiger partial charge in [-0.1, -0.05) is 0 Å². The Hall–Kier alpha value is -0.140. The molecule has 1 aliphatic carbocycles. The molecular weight excluding hydrogens is 423 g/mol. The van der Waals surface area contributed by atoms with E-state index in [9.17, 15) is 0 Å². The number of nitrogens with zero attached hydrogens (tertiary/aromatic N) is 1. The van der Waals surface area contributed by atoms with E-state index in [1.807, 2.05) is 23.7 Å². The van der Waals surface area contributed by atoms with Gasteiger partial charge in [0.05, 0.1) is 20.8 Å². The first-order chi connectivity index (χ1) is 8.72. The maximum absolute atomic E-state index is 4.20. The van der Waals surface area contributed by atoms with Gasteiger partial charge in [-0.15, -0.1) is 11.3 Å².